The van der Waals surface area contributed by atoms with Gasteiger partial charge in [0.25, 0.3) is 0 Å². The average Bonchev–Trinajstić information content (AvgIpc) is 2.02. The number of carbonyl (C=O) groups is 1. The highest BCUT2D eigenvalue weighted by molar-refractivity contribution is 7.81. The molecular formula is C9H16O3S. The Morgan fingerprint density at radius 2 is 2.00 bits per heavy atom. The lowest BCUT2D eigenvalue weighted by Gasteiger charge is -2.31. The van der Waals surface area contributed by atoms with Crippen molar-refractivity contribution in [2.24, 2.45) is 0 Å². The summed E-state index contributed by atoms with van der Waals surface area (Å²) in [6.07, 6.45) is 1.97. The molecule has 0 N–H and O–H groups in total. The lowest BCUT2D eigenvalue weighted by atomic mass is 10.0. The molecule has 1 heterocycles. The van der Waals surface area contributed by atoms with Crippen LogP contribution < -0.4 is 0 Å². The summed E-state index contributed by atoms with van der Waals surface area (Å²) in [6, 6.07) is 0. The molecule has 0 aliphatic carbocycles. The summed E-state index contributed by atoms with van der Waals surface area (Å²) in [5, 5.41) is 0. The molecule has 0 spiro atoms. The Morgan fingerprint density at radius 1 is 1.46 bits per heavy atom. The van der Waals surface area contributed by atoms with E-state index < -0.39 is 0 Å². The Hall–Kier alpha value is -0.220. The van der Waals surface area contributed by atoms with Gasteiger partial charge >= 0.3 is 5.97 Å². The highest BCUT2D eigenvalue weighted by Gasteiger charge is 2.26. The average molecular weight is 204 g/mol. The lowest BCUT2D eigenvalue weighted by molar-refractivity contribution is -0.156. The molecule has 0 aromatic carbocycles. The van der Waals surface area contributed by atoms with Gasteiger partial charge in [0.15, 0.2) is 0 Å². The maximum absolute atomic E-state index is 11.0. The molecule has 1 rings (SSSR count). The van der Waals surface area contributed by atoms with Crippen molar-refractivity contribution < 1.29 is 14.3 Å². The molecule has 0 aromatic heterocycles. The third kappa shape index (κ3) is 3.56. The number of ether oxygens (including phenoxy) is 2. The number of hydrogen-bond acceptors (Lipinski definition) is 4. The van der Waals surface area contributed by atoms with Crippen LogP contribution in [-0.2, 0) is 14.3 Å². The number of esters is 1. The first kappa shape index (κ1) is 10.9. The van der Waals surface area contributed by atoms with Crippen molar-refractivity contribution in [1.82, 2.24) is 0 Å². The van der Waals surface area contributed by atoms with E-state index in [4.69, 9.17) is 9.47 Å². The topological polar surface area (TPSA) is 35.5 Å². The van der Waals surface area contributed by atoms with Gasteiger partial charge in [-0.05, 0) is 13.8 Å². The van der Waals surface area contributed by atoms with Crippen molar-refractivity contribution in [3.63, 3.8) is 0 Å². The molecule has 0 amide bonds. The highest BCUT2D eigenvalue weighted by atomic mass is 32.1. The lowest BCUT2D eigenvalue weighted by Crippen LogP contribution is -2.35. The smallest absolute Gasteiger partial charge is 0.315 e. The molecule has 13 heavy (non-hydrogen) atoms. The third-order valence-electron chi connectivity index (χ3n) is 2.08. The van der Waals surface area contributed by atoms with E-state index in [-0.39, 0.29) is 30.0 Å². The fourth-order valence-corrected chi connectivity index (χ4v) is 1.74. The summed E-state index contributed by atoms with van der Waals surface area (Å²) in [4.78, 5) is 11.0. The molecule has 2 unspecified atom stereocenters. The van der Waals surface area contributed by atoms with Crippen molar-refractivity contribution in [3.05, 3.63) is 0 Å². The minimum Gasteiger partial charge on any atom is -0.462 e. The van der Waals surface area contributed by atoms with Crippen LogP contribution >= 0.6 is 12.6 Å². The van der Waals surface area contributed by atoms with E-state index >= 15 is 0 Å². The van der Waals surface area contributed by atoms with Crippen LogP contribution in [0.3, 0.4) is 0 Å². The molecule has 0 bridgehead atoms. The zero-order valence-electron chi connectivity index (χ0n) is 8.03. The number of thiol groups is 1. The maximum Gasteiger partial charge on any atom is 0.315 e. The van der Waals surface area contributed by atoms with E-state index in [1.165, 1.54) is 0 Å². The molecule has 3 nitrogen and oxygen atoms in total. The van der Waals surface area contributed by atoms with Gasteiger partial charge in [-0.25, -0.2) is 0 Å². The fourth-order valence-electron chi connectivity index (χ4n) is 1.66. The van der Waals surface area contributed by atoms with E-state index in [1.807, 2.05) is 13.8 Å². The van der Waals surface area contributed by atoms with Gasteiger partial charge in [0.1, 0.15) is 6.10 Å². The normalized spacial score (nSPS) is 34.2. The van der Waals surface area contributed by atoms with Gasteiger partial charge in [0, 0.05) is 12.8 Å². The SMILES string of the molecule is CC1CC(OC(=O)CS)CC(C)O1. The molecule has 0 aromatic rings. The van der Waals surface area contributed by atoms with Gasteiger partial charge in [-0.15, -0.1) is 0 Å². The quantitative estimate of drug-likeness (QED) is 0.546. The summed E-state index contributed by atoms with van der Waals surface area (Å²) in [5.41, 5.74) is 0. The van der Waals surface area contributed by atoms with Crippen molar-refractivity contribution in [2.45, 2.75) is 45.0 Å². The number of hydrogen-bond donors (Lipinski definition) is 1. The first-order valence-electron chi connectivity index (χ1n) is 4.57. The van der Waals surface area contributed by atoms with Crippen LogP contribution in [0.4, 0.5) is 0 Å². The van der Waals surface area contributed by atoms with Gasteiger partial charge in [-0.1, -0.05) is 0 Å². The third-order valence-corrected chi connectivity index (χ3v) is 2.34. The predicted octanol–water partition coefficient (Wildman–Crippen LogP) is 1.42. The van der Waals surface area contributed by atoms with Gasteiger partial charge in [-0.3, -0.25) is 4.79 Å². The van der Waals surface area contributed by atoms with Crippen molar-refractivity contribution >= 4 is 18.6 Å². The molecule has 2 atom stereocenters. The number of rotatable bonds is 2. The molecule has 0 saturated carbocycles. The second-order valence-electron chi connectivity index (χ2n) is 3.50. The van der Waals surface area contributed by atoms with Crippen LogP contribution in [0.1, 0.15) is 26.7 Å². The molecule has 1 aliphatic rings. The Balaban J connectivity index is 2.37. The van der Waals surface area contributed by atoms with Crippen LogP contribution in [0.2, 0.25) is 0 Å². The van der Waals surface area contributed by atoms with Crippen LogP contribution in [0, 0.1) is 0 Å². The molecule has 1 aliphatic heterocycles. The largest absolute Gasteiger partial charge is 0.462 e. The molecule has 76 valence electrons. The van der Waals surface area contributed by atoms with Crippen molar-refractivity contribution in [3.8, 4) is 0 Å². The van der Waals surface area contributed by atoms with E-state index in [0.717, 1.165) is 12.8 Å². The van der Waals surface area contributed by atoms with E-state index in [9.17, 15) is 4.79 Å². The molecule has 1 fully saturated rings. The summed E-state index contributed by atoms with van der Waals surface area (Å²) < 4.78 is 10.7. The Morgan fingerprint density at radius 3 is 2.46 bits per heavy atom. The first-order valence-corrected chi connectivity index (χ1v) is 5.21. The van der Waals surface area contributed by atoms with E-state index in [1.54, 1.807) is 0 Å². The zero-order valence-corrected chi connectivity index (χ0v) is 8.92. The highest BCUT2D eigenvalue weighted by Crippen LogP contribution is 2.21. The second-order valence-corrected chi connectivity index (χ2v) is 3.81. The molecule has 4 heteroatoms. The Labute approximate surface area is 84.2 Å². The van der Waals surface area contributed by atoms with Gasteiger partial charge < -0.3 is 9.47 Å². The van der Waals surface area contributed by atoms with Crippen LogP contribution in [0.25, 0.3) is 0 Å². The fraction of sp³-hybridized carbons (Fsp3) is 0.889. The van der Waals surface area contributed by atoms with Crippen LogP contribution in [0.15, 0.2) is 0 Å². The second kappa shape index (κ2) is 4.86. The molecule has 1 saturated heterocycles. The van der Waals surface area contributed by atoms with Crippen molar-refractivity contribution in [2.75, 3.05) is 5.75 Å². The van der Waals surface area contributed by atoms with E-state index in [0.29, 0.717) is 0 Å². The monoisotopic (exact) mass is 204 g/mol. The molecule has 0 radical (unpaired) electrons. The standard InChI is InChI=1S/C9H16O3S/c1-6-3-8(4-7(2)11-6)12-9(10)5-13/h6-8,13H,3-5H2,1-2H3. The molecular weight excluding hydrogens is 188 g/mol. The summed E-state index contributed by atoms with van der Waals surface area (Å²) >= 11 is 3.85. The van der Waals surface area contributed by atoms with E-state index in [2.05, 4.69) is 12.6 Å². The zero-order chi connectivity index (χ0) is 9.84. The van der Waals surface area contributed by atoms with Crippen LogP contribution in [-0.4, -0.2) is 30.0 Å². The minimum atomic E-state index is -0.241. The number of carbonyl (C=O) groups excluding carboxylic acids is 1. The van der Waals surface area contributed by atoms with Crippen LogP contribution in [0.5, 0.6) is 0 Å². The summed E-state index contributed by atoms with van der Waals surface area (Å²) in [5.74, 6) is -0.0882. The van der Waals surface area contributed by atoms with Gasteiger partial charge in [0.2, 0.25) is 0 Å². The Kier molecular flexibility index (Phi) is 4.06. The summed E-state index contributed by atoms with van der Waals surface area (Å²) in [7, 11) is 0. The first-order chi connectivity index (χ1) is 6.11. The maximum atomic E-state index is 11.0. The predicted molar refractivity (Wildman–Crippen MR) is 53.0 cm³/mol. The minimum absolute atomic E-state index is 0.0124. The van der Waals surface area contributed by atoms with Gasteiger partial charge in [-0.2, -0.15) is 12.6 Å². The van der Waals surface area contributed by atoms with Gasteiger partial charge in [0.05, 0.1) is 18.0 Å². The Bertz CT molecular complexity index is 174. The van der Waals surface area contributed by atoms with Crippen molar-refractivity contribution in [1.29, 1.82) is 0 Å². The summed E-state index contributed by atoms with van der Waals surface area (Å²) in [6.45, 7) is 3.99.